The Labute approximate surface area is 142 Å². The fraction of sp³-hybridized carbons (Fsp3) is 0.316. The number of benzene rings is 2. The zero-order valence-electron chi connectivity index (χ0n) is 13.6. The van der Waals surface area contributed by atoms with Gasteiger partial charge in [0.2, 0.25) is 0 Å². The van der Waals surface area contributed by atoms with E-state index in [2.05, 4.69) is 11.8 Å². The minimum absolute atomic E-state index is 0.118. The third kappa shape index (κ3) is 3.35. The van der Waals surface area contributed by atoms with E-state index in [9.17, 15) is 4.79 Å². The van der Waals surface area contributed by atoms with Gasteiger partial charge in [0, 0.05) is 31.7 Å². The SMILES string of the molecule is Cc1ccc(C(=O)N2CCN(c3ccccc3Cl)CC2)cc1C. The molecule has 4 heteroatoms. The first-order chi connectivity index (χ1) is 11.1. The van der Waals surface area contributed by atoms with Gasteiger partial charge in [0.1, 0.15) is 0 Å². The van der Waals surface area contributed by atoms with Gasteiger partial charge in [0.25, 0.3) is 5.91 Å². The van der Waals surface area contributed by atoms with Crippen molar-refractivity contribution in [2.24, 2.45) is 0 Å². The summed E-state index contributed by atoms with van der Waals surface area (Å²) in [6.45, 7) is 7.15. The third-order valence-electron chi connectivity index (χ3n) is 4.51. The first-order valence-corrected chi connectivity index (χ1v) is 8.30. The number of piperazine rings is 1. The minimum atomic E-state index is 0.118. The van der Waals surface area contributed by atoms with Crippen molar-refractivity contribution < 1.29 is 4.79 Å². The summed E-state index contributed by atoms with van der Waals surface area (Å²) in [4.78, 5) is 16.8. The maximum atomic E-state index is 12.7. The van der Waals surface area contributed by atoms with Gasteiger partial charge in [0.05, 0.1) is 10.7 Å². The quantitative estimate of drug-likeness (QED) is 0.834. The average molecular weight is 329 g/mol. The molecule has 0 radical (unpaired) electrons. The fourth-order valence-electron chi connectivity index (χ4n) is 2.92. The van der Waals surface area contributed by atoms with Crippen LogP contribution in [0.5, 0.6) is 0 Å². The summed E-state index contributed by atoms with van der Waals surface area (Å²) in [6, 6.07) is 13.8. The van der Waals surface area contributed by atoms with Crippen LogP contribution in [0.1, 0.15) is 21.5 Å². The van der Waals surface area contributed by atoms with Gasteiger partial charge in [-0.15, -0.1) is 0 Å². The number of amides is 1. The molecule has 1 amide bonds. The molecule has 0 saturated carbocycles. The van der Waals surface area contributed by atoms with Crippen LogP contribution >= 0.6 is 11.6 Å². The summed E-state index contributed by atoms with van der Waals surface area (Å²) in [5.74, 6) is 0.118. The van der Waals surface area contributed by atoms with Gasteiger partial charge in [-0.2, -0.15) is 0 Å². The van der Waals surface area contributed by atoms with Crippen LogP contribution in [0.3, 0.4) is 0 Å². The van der Waals surface area contributed by atoms with E-state index >= 15 is 0 Å². The highest BCUT2D eigenvalue weighted by atomic mass is 35.5. The van der Waals surface area contributed by atoms with Crippen molar-refractivity contribution in [3.63, 3.8) is 0 Å². The monoisotopic (exact) mass is 328 g/mol. The molecule has 3 rings (SSSR count). The van der Waals surface area contributed by atoms with Crippen molar-refractivity contribution >= 4 is 23.2 Å². The van der Waals surface area contributed by atoms with E-state index in [1.54, 1.807) is 0 Å². The van der Waals surface area contributed by atoms with E-state index in [1.807, 2.05) is 54.3 Å². The van der Waals surface area contributed by atoms with E-state index in [0.717, 1.165) is 48.0 Å². The average Bonchev–Trinajstić information content (AvgIpc) is 2.57. The highest BCUT2D eigenvalue weighted by Crippen LogP contribution is 2.26. The second-order valence-electron chi connectivity index (χ2n) is 6.03. The van der Waals surface area contributed by atoms with Gasteiger partial charge in [-0.3, -0.25) is 4.79 Å². The molecular weight excluding hydrogens is 308 g/mol. The lowest BCUT2D eigenvalue weighted by Crippen LogP contribution is -2.48. The van der Waals surface area contributed by atoms with Crippen LogP contribution in [0.4, 0.5) is 5.69 Å². The number of hydrogen-bond acceptors (Lipinski definition) is 2. The minimum Gasteiger partial charge on any atom is -0.367 e. The number of carbonyl (C=O) groups is 1. The molecule has 0 aromatic heterocycles. The summed E-state index contributed by atoms with van der Waals surface area (Å²) in [6.07, 6.45) is 0. The predicted octanol–water partition coefficient (Wildman–Crippen LogP) is 3.92. The van der Waals surface area contributed by atoms with Crippen LogP contribution in [-0.4, -0.2) is 37.0 Å². The smallest absolute Gasteiger partial charge is 0.253 e. The molecular formula is C19H21ClN2O. The number of para-hydroxylation sites is 1. The second kappa shape index (κ2) is 6.63. The highest BCUT2D eigenvalue weighted by molar-refractivity contribution is 6.33. The molecule has 1 aliphatic heterocycles. The molecule has 2 aromatic rings. The van der Waals surface area contributed by atoms with Crippen molar-refractivity contribution in [1.29, 1.82) is 0 Å². The molecule has 1 fully saturated rings. The Kier molecular flexibility index (Phi) is 4.58. The number of anilines is 1. The number of halogens is 1. The van der Waals surface area contributed by atoms with E-state index in [-0.39, 0.29) is 5.91 Å². The Morgan fingerprint density at radius 3 is 2.30 bits per heavy atom. The van der Waals surface area contributed by atoms with Crippen molar-refractivity contribution in [2.75, 3.05) is 31.1 Å². The molecule has 0 atom stereocenters. The summed E-state index contributed by atoms with van der Waals surface area (Å²) < 4.78 is 0. The molecule has 0 N–H and O–H groups in total. The Bertz CT molecular complexity index is 721. The van der Waals surface area contributed by atoms with Crippen molar-refractivity contribution in [3.05, 3.63) is 64.2 Å². The van der Waals surface area contributed by atoms with Gasteiger partial charge in [0.15, 0.2) is 0 Å². The lowest BCUT2D eigenvalue weighted by atomic mass is 10.1. The molecule has 1 saturated heterocycles. The molecule has 0 spiro atoms. The van der Waals surface area contributed by atoms with E-state index < -0.39 is 0 Å². The molecule has 0 aliphatic carbocycles. The predicted molar refractivity (Wildman–Crippen MR) is 95.5 cm³/mol. The Morgan fingerprint density at radius 1 is 0.957 bits per heavy atom. The molecule has 2 aromatic carbocycles. The lowest BCUT2D eigenvalue weighted by Gasteiger charge is -2.36. The first kappa shape index (κ1) is 15.9. The summed E-state index contributed by atoms with van der Waals surface area (Å²) in [5.41, 5.74) is 4.20. The summed E-state index contributed by atoms with van der Waals surface area (Å²) >= 11 is 6.26. The van der Waals surface area contributed by atoms with E-state index in [4.69, 9.17) is 11.6 Å². The van der Waals surface area contributed by atoms with Crippen LogP contribution in [0, 0.1) is 13.8 Å². The van der Waals surface area contributed by atoms with Crippen LogP contribution in [0.2, 0.25) is 5.02 Å². The summed E-state index contributed by atoms with van der Waals surface area (Å²) in [7, 11) is 0. The molecule has 1 aliphatic rings. The number of rotatable bonds is 2. The van der Waals surface area contributed by atoms with Crippen LogP contribution in [0.15, 0.2) is 42.5 Å². The van der Waals surface area contributed by atoms with Gasteiger partial charge in [-0.1, -0.05) is 29.8 Å². The van der Waals surface area contributed by atoms with Crippen LogP contribution < -0.4 is 4.90 Å². The maximum absolute atomic E-state index is 12.7. The first-order valence-electron chi connectivity index (χ1n) is 7.92. The fourth-order valence-corrected chi connectivity index (χ4v) is 3.17. The number of carbonyl (C=O) groups excluding carboxylic acids is 1. The zero-order valence-corrected chi connectivity index (χ0v) is 14.3. The largest absolute Gasteiger partial charge is 0.367 e. The zero-order chi connectivity index (χ0) is 16.4. The Hall–Kier alpha value is -2.00. The number of hydrogen-bond donors (Lipinski definition) is 0. The maximum Gasteiger partial charge on any atom is 0.253 e. The third-order valence-corrected chi connectivity index (χ3v) is 4.83. The van der Waals surface area contributed by atoms with Crippen LogP contribution in [-0.2, 0) is 0 Å². The number of nitrogens with zero attached hydrogens (tertiary/aromatic N) is 2. The lowest BCUT2D eigenvalue weighted by molar-refractivity contribution is 0.0746. The number of aryl methyl sites for hydroxylation is 2. The Balaban J connectivity index is 1.68. The molecule has 3 nitrogen and oxygen atoms in total. The van der Waals surface area contributed by atoms with Gasteiger partial charge in [-0.05, 0) is 49.2 Å². The van der Waals surface area contributed by atoms with Gasteiger partial charge < -0.3 is 9.80 Å². The van der Waals surface area contributed by atoms with Gasteiger partial charge in [-0.25, -0.2) is 0 Å². The van der Waals surface area contributed by atoms with Crippen molar-refractivity contribution in [2.45, 2.75) is 13.8 Å². The van der Waals surface area contributed by atoms with Crippen molar-refractivity contribution in [3.8, 4) is 0 Å². The van der Waals surface area contributed by atoms with E-state index in [1.165, 1.54) is 5.56 Å². The standard InChI is InChI=1S/C19H21ClN2O/c1-14-7-8-16(13-15(14)2)19(23)22-11-9-21(10-12-22)18-6-4-3-5-17(18)20/h3-8,13H,9-12H2,1-2H3. The van der Waals surface area contributed by atoms with Gasteiger partial charge >= 0.3 is 0 Å². The van der Waals surface area contributed by atoms with Crippen LogP contribution in [0.25, 0.3) is 0 Å². The molecule has 1 heterocycles. The molecule has 0 bridgehead atoms. The topological polar surface area (TPSA) is 23.6 Å². The Morgan fingerprint density at radius 2 is 1.65 bits per heavy atom. The van der Waals surface area contributed by atoms with E-state index in [0.29, 0.717) is 0 Å². The molecule has 23 heavy (non-hydrogen) atoms. The summed E-state index contributed by atoms with van der Waals surface area (Å²) in [5, 5.41) is 0.765. The normalized spacial score (nSPS) is 14.9. The molecule has 120 valence electrons. The van der Waals surface area contributed by atoms with Crippen molar-refractivity contribution in [1.82, 2.24) is 4.90 Å². The highest BCUT2D eigenvalue weighted by Gasteiger charge is 2.23. The molecule has 0 unspecified atom stereocenters. The second-order valence-corrected chi connectivity index (χ2v) is 6.44.